The maximum Gasteiger partial charge on any atom is 0.262 e. The Morgan fingerprint density at radius 2 is 1.76 bits per heavy atom. The first-order valence-electron chi connectivity index (χ1n) is 10.9. The van der Waals surface area contributed by atoms with E-state index in [0.29, 0.717) is 22.0 Å². The zero-order valence-electron chi connectivity index (χ0n) is 18.3. The molecule has 1 saturated heterocycles. The van der Waals surface area contributed by atoms with Crippen LogP contribution in [0, 0.1) is 6.92 Å². The van der Waals surface area contributed by atoms with Crippen molar-refractivity contribution in [1.29, 1.82) is 0 Å². The van der Waals surface area contributed by atoms with Gasteiger partial charge in [-0.05, 0) is 68.1 Å². The first-order chi connectivity index (χ1) is 15.9. The number of rotatable bonds is 5. The van der Waals surface area contributed by atoms with Gasteiger partial charge in [0.1, 0.15) is 5.25 Å². The molecule has 2 heterocycles. The Labute approximate surface area is 202 Å². The third kappa shape index (κ3) is 5.94. The molecular formula is C24H25ClN4O3S. The summed E-state index contributed by atoms with van der Waals surface area (Å²) >= 11 is 7.48. The van der Waals surface area contributed by atoms with Gasteiger partial charge in [0.25, 0.3) is 11.8 Å². The lowest BCUT2D eigenvalue weighted by molar-refractivity contribution is -0.121. The van der Waals surface area contributed by atoms with Crippen LogP contribution in [-0.2, 0) is 9.59 Å². The lowest BCUT2D eigenvalue weighted by Gasteiger charge is -2.27. The lowest BCUT2D eigenvalue weighted by Crippen LogP contribution is -2.33. The first kappa shape index (κ1) is 23.3. The molecule has 1 fully saturated rings. The van der Waals surface area contributed by atoms with Gasteiger partial charge in [0.15, 0.2) is 5.17 Å². The van der Waals surface area contributed by atoms with Crippen molar-refractivity contribution < 1.29 is 14.4 Å². The number of amides is 3. The van der Waals surface area contributed by atoms with E-state index in [-0.39, 0.29) is 24.1 Å². The number of piperidine rings is 1. The molecule has 9 heteroatoms. The van der Waals surface area contributed by atoms with Crippen molar-refractivity contribution in [3.63, 3.8) is 0 Å². The largest absolute Gasteiger partial charge is 0.351 e. The van der Waals surface area contributed by atoms with Crippen LogP contribution in [0.1, 0.15) is 41.6 Å². The number of likely N-dealkylation sites (tertiary alicyclic amines) is 1. The molecule has 4 rings (SSSR count). The summed E-state index contributed by atoms with van der Waals surface area (Å²) in [5, 5.41) is 6.43. The highest BCUT2D eigenvalue weighted by Crippen LogP contribution is 2.29. The van der Waals surface area contributed by atoms with E-state index in [1.54, 1.807) is 36.4 Å². The van der Waals surface area contributed by atoms with E-state index in [1.165, 1.54) is 18.2 Å². The minimum atomic E-state index is -0.492. The molecule has 2 aromatic carbocycles. The van der Waals surface area contributed by atoms with Crippen molar-refractivity contribution in [1.82, 2.24) is 4.90 Å². The number of anilines is 2. The van der Waals surface area contributed by atoms with Crippen molar-refractivity contribution in [3.05, 3.63) is 58.6 Å². The highest BCUT2D eigenvalue weighted by molar-refractivity contribution is 8.15. The molecule has 2 aliphatic heterocycles. The Hall–Kier alpha value is -2.84. The number of thioether (sulfide) groups is 1. The van der Waals surface area contributed by atoms with Crippen LogP contribution in [0.15, 0.2) is 47.5 Å². The van der Waals surface area contributed by atoms with Gasteiger partial charge in [0.05, 0.1) is 0 Å². The second-order valence-electron chi connectivity index (χ2n) is 8.13. The fraction of sp³-hybridized carbons (Fsp3) is 0.333. The maximum absolute atomic E-state index is 12.5. The summed E-state index contributed by atoms with van der Waals surface area (Å²) in [4.78, 5) is 43.5. The van der Waals surface area contributed by atoms with Crippen molar-refractivity contribution in [2.75, 3.05) is 23.7 Å². The van der Waals surface area contributed by atoms with Gasteiger partial charge in [-0.25, -0.2) is 0 Å². The Kier molecular flexibility index (Phi) is 7.35. The number of nitrogens with zero attached hydrogens (tertiary/aromatic N) is 2. The molecule has 0 saturated carbocycles. The monoisotopic (exact) mass is 484 g/mol. The van der Waals surface area contributed by atoms with Crippen LogP contribution >= 0.6 is 23.4 Å². The average Bonchev–Trinajstić information content (AvgIpc) is 3.17. The van der Waals surface area contributed by atoms with Crippen LogP contribution in [0.2, 0.25) is 5.02 Å². The molecule has 7 nitrogen and oxygen atoms in total. The molecule has 0 radical (unpaired) electrons. The van der Waals surface area contributed by atoms with Gasteiger partial charge in [-0.2, -0.15) is 4.99 Å². The third-order valence-electron chi connectivity index (χ3n) is 5.59. The molecule has 2 aromatic rings. The van der Waals surface area contributed by atoms with Crippen LogP contribution in [0.25, 0.3) is 0 Å². The van der Waals surface area contributed by atoms with E-state index in [4.69, 9.17) is 11.6 Å². The van der Waals surface area contributed by atoms with Gasteiger partial charge >= 0.3 is 0 Å². The number of hydrogen-bond donors (Lipinski definition) is 2. The number of benzene rings is 2. The number of aryl methyl sites for hydroxylation is 1. The van der Waals surface area contributed by atoms with Gasteiger partial charge in [-0.15, -0.1) is 0 Å². The Balaban J connectivity index is 1.28. The molecule has 0 bridgehead atoms. The molecule has 3 amide bonds. The van der Waals surface area contributed by atoms with Gasteiger partial charge in [-0.1, -0.05) is 29.4 Å². The Bertz CT molecular complexity index is 1100. The summed E-state index contributed by atoms with van der Waals surface area (Å²) < 4.78 is 0. The zero-order chi connectivity index (χ0) is 23.4. The quantitative estimate of drug-likeness (QED) is 0.641. The maximum atomic E-state index is 12.5. The summed E-state index contributed by atoms with van der Waals surface area (Å²) in [7, 11) is 0. The predicted octanol–water partition coefficient (Wildman–Crippen LogP) is 4.71. The molecule has 0 aromatic heterocycles. The number of nitrogens with one attached hydrogen (secondary N) is 2. The summed E-state index contributed by atoms with van der Waals surface area (Å²) in [5.41, 5.74) is 2.55. The standard InChI is InChI=1S/C24H25ClN4O3S/c1-15-5-8-18(13-19(15)25)27-22(31)16-6-9-17(10-7-16)26-21(30)14-20-23(32)28-24(33-20)29-11-3-2-4-12-29/h5-10,13,20H,2-4,11-12,14H2,1H3,(H,26,30)(H,27,31). The van der Waals surface area contributed by atoms with Crippen LogP contribution in [0.5, 0.6) is 0 Å². The summed E-state index contributed by atoms with van der Waals surface area (Å²) in [6, 6.07) is 11.9. The number of carbonyl (C=O) groups is 3. The second kappa shape index (κ2) is 10.4. The van der Waals surface area contributed by atoms with Gasteiger partial charge in [0.2, 0.25) is 5.91 Å². The van der Waals surface area contributed by atoms with Crippen molar-refractivity contribution in [2.45, 2.75) is 37.9 Å². The molecule has 2 aliphatic rings. The minimum absolute atomic E-state index is 0.0563. The number of amidine groups is 1. The first-order valence-corrected chi connectivity index (χ1v) is 12.2. The van der Waals surface area contributed by atoms with E-state index in [1.807, 2.05) is 13.0 Å². The van der Waals surface area contributed by atoms with Gasteiger partial charge in [-0.3, -0.25) is 14.4 Å². The van der Waals surface area contributed by atoms with Crippen molar-refractivity contribution in [3.8, 4) is 0 Å². The normalized spacial score (nSPS) is 18.1. The van der Waals surface area contributed by atoms with Crippen molar-refractivity contribution >= 4 is 57.6 Å². The Morgan fingerprint density at radius 3 is 2.45 bits per heavy atom. The number of aliphatic imine (C=N–C) groups is 1. The van der Waals surface area contributed by atoms with Gasteiger partial charge < -0.3 is 15.5 Å². The zero-order valence-corrected chi connectivity index (χ0v) is 19.8. The topological polar surface area (TPSA) is 90.9 Å². The highest BCUT2D eigenvalue weighted by Gasteiger charge is 2.33. The van der Waals surface area contributed by atoms with Crippen LogP contribution in [-0.4, -0.2) is 46.1 Å². The highest BCUT2D eigenvalue weighted by atomic mass is 35.5. The summed E-state index contributed by atoms with van der Waals surface area (Å²) in [6.07, 6.45) is 3.47. The average molecular weight is 485 g/mol. The molecule has 0 aliphatic carbocycles. The van der Waals surface area contributed by atoms with E-state index < -0.39 is 5.25 Å². The van der Waals surface area contributed by atoms with E-state index in [0.717, 1.165) is 36.7 Å². The summed E-state index contributed by atoms with van der Waals surface area (Å²) in [6.45, 7) is 3.71. The fourth-order valence-corrected chi connectivity index (χ4v) is 4.99. The van der Waals surface area contributed by atoms with Crippen LogP contribution in [0.4, 0.5) is 11.4 Å². The second-order valence-corrected chi connectivity index (χ2v) is 9.71. The molecular weight excluding hydrogens is 460 g/mol. The predicted molar refractivity (Wildman–Crippen MR) is 133 cm³/mol. The number of carbonyl (C=O) groups excluding carboxylic acids is 3. The van der Waals surface area contributed by atoms with Crippen LogP contribution in [0.3, 0.4) is 0 Å². The van der Waals surface area contributed by atoms with Crippen LogP contribution < -0.4 is 10.6 Å². The molecule has 1 atom stereocenters. The fourth-order valence-electron chi connectivity index (χ4n) is 3.69. The lowest BCUT2D eigenvalue weighted by atomic mass is 10.1. The number of hydrogen-bond acceptors (Lipinski definition) is 5. The summed E-state index contributed by atoms with van der Waals surface area (Å²) in [5.74, 6) is -0.787. The van der Waals surface area contributed by atoms with Crippen molar-refractivity contribution in [2.24, 2.45) is 4.99 Å². The van der Waals surface area contributed by atoms with E-state index >= 15 is 0 Å². The molecule has 33 heavy (non-hydrogen) atoms. The molecule has 2 N–H and O–H groups in total. The number of halogens is 1. The van der Waals surface area contributed by atoms with Gasteiger partial charge in [0, 0.05) is 41.5 Å². The Morgan fingerprint density at radius 1 is 1.06 bits per heavy atom. The molecule has 1 unspecified atom stereocenters. The third-order valence-corrected chi connectivity index (χ3v) is 7.21. The SMILES string of the molecule is Cc1ccc(NC(=O)c2ccc(NC(=O)CC3SC(N4CCCCC4)=NC3=O)cc2)cc1Cl. The molecule has 172 valence electrons. The van der Waals surface area contributed by atoms with E-state index in [2.05, 4.69) is 20.5 Å². The van der Waals surface area contributed by atoms with E-state index in [9.17, 15) is 14.4 Å². The smallest absolute Gasteiger partial charge is 0.262 e. The minimum Gasteiger partial charge on any atom is -0.351 e. The molecule has 0 spiro atoms.